The zero-order valence-corrected chi connectivity index (χ0v) is 40.8. The molecule has 0 aliphatic carbocycles. The lowest BCUT2D eigenvalue weighted by atomic mass is 9.95. The van der Waals surface area contributed by atoms with E-state index in [4.69, 9.17) is 71.7 Å². The van der Waals surface area contributed by atoms with Crippen LogP contribution in [0.5, 0.6) is 11.5 Å². The van der Waals surface area contributed by atoms with Crippen LogP contribution in [-0.2, 0) is 44.7 Å². The molecule has 0 unspecified atom stereocenters. The number of carboxylic acids is 2. The molecule has 0 spiro atoms. The molecule has 69 heavy (non-hydrogen) atoms. The van der Waals surface area contributed by atoms with Crippen LogP contribution in [0.3, 0.4) is 0 Å². The molecule has 21 heteroatoms. The number of aromatic nitrogens is 2. The highest BCUT2D eigenvalue weighted by Gasteiger charge is 2.40. The first kappa shape index (κ1) is 52.4. The first-order valence-electron chi connectivity index (χ1n) is 22.1. The van der Waals surface area contributed by atoms with Gasteiger partial charge in [-0.15, -0.1) is 0 Å². The molecule has 19 nitrogen and oxygen atoms in total. The molecule has 0 radical (unpaired) electrons. The van der Waals surface area contributed by atoms with Gasteiger partial charge in [0.05, 0.1) is 96.1 Å². The Bertz CT molecular complexity index is 2500. The smallest absolute Gasteiger partial charge is 0.408 e. The molecule has 1 saturated heterocycles. The largest absolute Gasteiger partial charge is 0.496 e. The Hall–Kier alpha value is -5.96. The van der Waals surface area contributed by atoms with E-state index in [1.165, 1.54) is 7.11 Å². The monoisotopic (exact) mass is 997 g/mol. The number of hydrogen-bond donors (Lipinski definition) is 4. The third-order valence-corrected chi connectivity index (χ3v) is 11.3. The van der Waals surface area contributed by atoms with E-state index in [0.717, 1.165) is 0 Å². The lowest BCUT2D eigenvalue weighted by Crippen LogP contribution is -2.59. The van der Waals surface area contributed by atoms with Crippen molar-refractivity contribution in [3.05, 3.63) is 75.9 Å². The fourth-order valence-electron chi connectivity index (χ4n) is 7.68. The van der Waals surface area contributed by atoms with E-state index >= 15 is 0 Å². The van der Waals surface area contributed by atoms with Crippen molar-refractivity contribution in [1.29, 1.82) is 0 Å². The normalized spacial score (nSPS) is 14.2. The summed E-state index contributed by atoms with van der Waals surface area (Å²) in [6.07, 6.45) is -1.61. The number of benzene rings is 3. The summed E-state index contributed by atoms with van der Waals surface area (Å²) in [4.78, 5) is 64.9. The first-order valence-corrected chi connectivity index (χ1v) is 22.8. The van der Waals surface area contributed by atoms with Crippen molar-refractivity contribution in [2.75, 3.05) is 71.8 Å². The first-order chi connectivity index (χ1) is 32.7. The van der Waals surface area contributed by atoms with Crippen molar-refractivity contribution in [1.82, 2.24) is 20.0 Å². The number of fused-ring (bicyclic) bond motifs is 3. The summed E-state index contributed by atoms with van der Waals surface area (Å²) >= 11 is 13.0. The maximum atomic E-state index is 14.4. The predicted octanol–water partition coefficient (Wildman–Crippen LogP) is 7.26. The molecule has 4 N–H and O–H groups in total. The molecule has 0 atom stereocenters. The van der Waals surface area contributed by atoms with Gasteiger partial charge >= 0.3 is 18.0 Å². The summed E-state index contributed by atoms with van der Waals surface area (Å²) in [6, 6.07) is 15.8. The van der Waals surface area contributed by atoms with Gasteiger partial charge in [0, 0.05) is 45.0 Å². The van der Waals surface area contributed by atoms with Gasteiger partial charge in [-0.1, -0.05) is 35.3 Å². The standard InChI is InChI=1S/C48H57Cl2N5O14/c1-46(2,3)69-45(62)52-48(27-65-15-11-40(57)58,28-66-16-12-41(59)60)26-64-14-10-39(56)51-32-9-7-8-29(18-32)34-22-35-38(23-37(34)63-6)68-24-36-42(44(61)54-13-17-67-25-47(54,4)5)53-55(43(35)36)33-20-30(49)19-31(50)21-33/h7-9,18-23H,10-17,24-28H2,1-6H3,(H,51,56)(H,52,62)(H,57,58)(H,59,60). The van der Waals surface area contributed by atoms with E-state index in [-0.39, 0.29) is 77.1 Å². The fraction of sp³-hybridized carbons (Fsp3) is 0.458. The maximum absolute atomic E-state index is 14.4. The maximum Gasteiger partial charge on any atom is 0.408 e. The minimum Gasteiger partial charge on any atom is -0.496 e. The number of anilines is 1. The van der Waals surface area contributed by atoms with Crippen molar-refractivity contribution in [3.8, 4) is 39.6 Å². The van der Waals surface area contributed by atoms with Crippen molar-refractivity contribution in [2.45, 2.75) is 77.2 Å². The number of rotatable bonds is 21. The number of carboxylic acid groups (broad SMARTS) is 2. The van der Waals surface area contributed by atoms with E-state index in [1.54, 1.807) is 72.8 Å². The van der Waals surface area contributed by atoms with Crippen LogP contribution in [0.15, 0.2) is 54.6 Å². The number of aliphatic carboxylic acids is 2. The van der Waals surface area contributed by atoms with Crippen LogP contribution in [0.4, 0.5) is 10.5 Å². The number of halogens is 2. The van der Waals surface area contributed by atoms with Crippen LogP contribution < -0.4 is 20.1 Å². The molecule has 6 rings (SSSR count). The summed E-state index contributed by atoms with van der Waals surface area (Å²) in [6.45, 7) is 8.68. The molecule has 2 aliphatic heterocycles. The number of nitrogens with zero attached hydrogens (tertiary/aromatic N) is 3. The number of carbonyl (C=O) groups is 5. The highest BCUT2D eigenvalue weighted by atomic mass is 35.5. The van der Waals surface area contributed by atoms with E-state index in [9.17, 15) is 24.0 Å². The second-order valence-corrected chi connectivity index (χ2v) is 19.0. The number of amides is 3. The minimum absolute atomic E-state index is 0.0403. The molecule has 3 amide bonds. The summed E-state index contributed by atoms with van der Waals surface area (Å²) in [5.41, 5.74) is 1.34. The van der Waals surface area contributed by atoms with Gasteiger partial charge in [-0.2, -0.15) is 5.10 Å². The molecular formula is C48H57Cl2N5O14. The van der Waals surface area contributed by atoms with E-state index in [0.29, 0.717) is 80.6 Å². The van der Waals surface area contributed by atoms with Gasteiger partial charge in [0.15, 0.2) is 5.69 Å². The molecule has 4 aromatic rings. The third-order valence-electron chi connectivity index (χ3n) is 10.8. The van der Waals surface area contributed by atoms with E-state index in [1.807, 2.05) is 26.0 Å². The van der Waals surface area contributed by atoms with Gasteiger partial charge in [0.1, 0.15) is 29.2 Å². The molecular weight excluding hydrogens is 941 g/mol. The number of hydrogen-bond acceptors (Lipinski definition) is 13. The average molecular weight is 999 g/mol. The Kier molecular flexibility index (Phi) is 17.2. The molecule has 3 heterocycles. The summed E-state index contributed by atoms with van der Waals surface area (Å²) < 4.78 is 42.1. The lowest BCUT2D eigenvalue weighted by Gasteiger charge is -2.41. The molecule has 3 aromatic carbocycles. The second kappa shape index (κ2) is 22.6. The van der Waals surface area contributed by atoms with Crippen LogP contribution in [0.25, 0.3) is 28.1 Å². The summed E-state index contributed by atoms with van der Waals surface area (Å²) in [5.74, 6) is -1.92. The van der Waals surface area contributed by atoms with Crippen molar-refractivity contribution >= 4 is 58.7 Å². The Morgan fingerprint density at radius 1 is 0.855 bits per heavy atom. The number of ether oxygens (including phenoxy) is 7. The molecule has 0 bridgehead atoms. The molecule has 1 fully saturated rings. The Morgan fingerprint density at radius 3 is 2.09 bits per heavy atom. The Morgan fingerprint density at radius 2 is 1.49 bits per heavy atom. The van der Waals surface area contributed by atoms with Gasteiger partial charge in [-0.25, -0.2) is 9.48 Å². The topological polar surface area (TPSA) is 236 Å². The van der Waals surface area contributed by atoms with Gasteiger partial charge in [0.25, 0.3) is 5.91 Å². The van der Waals surface area contributed by atoms with Crippen LogP contribution in [-0.4, -0.2) is 138 Å². The summed E-state index contributed by atoms with van der Waals surface area (Å²) in [5, 5.41) is 29.5. The van der Waals surface area contributed by atoms with Crippen LogP contribution in [0, 0.1) is 0 Å². The second-order valence-electron chi connectivity index (χ2n) is 18.1. The fourth-order valence-corrected chi connectivity index (χ4v) is 8.20. The lowest BCUT2D eigenvalue weighted by molar-refractivity contribution is -0.139. The van der Waals surface area contributed by atoms with Crippen LogP contribution in [0.2, 0.25) is 10.0 Å². The molecule has 372 valence electrons. The highest BCUT2D eigenvalue weighted by Crippen LogP contribution is 2.47. The quantitative estimate of drug-likeness (QED) is 0.0602. The predicted molar refractivity (Wildman–Crippen MR) is 254 cm³/mol. The van der Waals surface area contributed by atoms with E-state index < -0.39 is 40.6 Å². The summed E-state index contributed by atoms with van der Waals surface area (Å²) in [7, 11) is 1.53. The van der Waals surface area contributed by atoms with Crippen LogP contribution in [0.1, 0.15) is 69.9 Å². The zero-order valence-electron chi connectivity index (χ0n) is 39.3. The van der Waals surface area contributed by atoms with Crippen molar-refractivity contribution < 1.29 is 67.3 Å². The highest BCUT2D eigenvalue weighted by molar-refractivity contribution is 6.34. The number of nitrogens with one attached hydrogen (secondary N) is 2. The Balaban J connectivity index is 1.23. The number of morpholine rings is 1. The van der Waals surface area contributed by atoms with Gasteiger partial charge in [-0.3, -0.25) is 19.2 Å². The minimum atomic E-state index is -1.46. The SMILES string of the molecule is COc1cc2c(cc1-c1cccc(NC(=O)CCOCC(COCCC(=O)O)(COCCC(=O)O)NC(=O)OC(C)(C)C)c1)-c1c(c(C(=O)N3CCOCC3(C)C)nn1-c1cc(Cl)cc(Cl)c1)CO2. The third kappa shape index (κ3) is 13.9. The van der Waals surface area contributed by atoms with Crippen molar-refractivity contribution in [3.63, 3.8) is 0 Å². The zero-order chi connectivity index (χ0) is 50.1. The molecule has 2 aliphatic rings. The molecule has 0 saturated carbocycles. The molecule has 1 aromatic heterocycles. The number of carbonyl (C=O) groups excluding carboxylic acids is 3. The van der Waals surface area contributed by atoms with E-state index in [2.05, 4.69) is 10.6 Å². The van der Waals surface area contributed by atoms with Gasteiger partial charge in [0.2, 0.25) is 5.91 Å². The van der Waals surface area contributed by atoms with Crippen molar-refractivity contribution in [2.24, 2.45) is 0 Å². The number of alkyl carbamates (subject to hydrolysis) is 1. The van der Waals surface area contributed by atoms with Gasteiger partial charge < -0.3 is 58.9 Å². The average Bonchev–Trinajstić information content (AvgIpc) is 3.67. The number of methoxy groups -OCH3 is 1. The van der Waals surface area contributed by atoms with Gasteiger partial charge in [-0.05, 0) is 76.6 Å². The van der Waals surface area contributed by atoms with Crippen LogP contribution >= 0.6 is 23.2 Å². The Labute approximate surface area is 409 Å².